The Morgan fingerprint density at radius 2 is 2.06 bits per heavy atom. The number of anilines is 2. The van der Waals surface area contributed by atoms with Gasteiger partial charge in [-0.1, -0.05) is 6.92 Å². The first-order valence-electron chi connectivity index (χ1n) is 12.1. The number of hydrogen-bond acceptors (Lipinski definition) is 6. The van der Waals surface area contributed by atoms with Crippen LogP contribution in [0.4, 0.5) is 16.3 Å². The van der Waals surface area contributed by atoms with E-state index in [0.717, 1.165) is 75.8 Å². The van der Waals surface area contributed by atoms with E-state index in [4.69, 9.17) is 4.74 Å². The molecular formula is C24H36N4O4. The zero-order chi connectivity index (χ0) is 22.7. The molecule has 1 spiro atoms. The van der Waals surface area contributed by atoms with Crippen LogP contribution in [0.5, 0.6) is 0 Å². The summed E-state index contributed by atoms with van der Waals surface area (Å²) in [5.41, 5.74) is 1.25. The van der Waals surface area contributed by atoms with Crippen LogP contribution in [-0.2, 0) is 9.53 Å². The van der Waals surface area contributed by atoms with Crippen molar-refractivity contribution in [1.82, 2.24) is 9.88 Å². The van der Waals surface area contributed by atoms with Crippen molar-refractivity contribution in [3.63, 3.8) is 0 Å². The second-order valence-corrected chi connectivity index (χ2v) is 9.64. The number of aromatic nitrogens is 1. The van der Waals surface area contributed by atoms with Crippen LogP contribution in [0.25, 0.3) is 0 Å². The smallest absolute Gasteiger partial charge is 0.411 e. The normalized spacial score (nSPS) is 28.3. The predicted octanol–water partition coefficient (Wildman–Crippen LogP) is 3.47. The summed E-state index contributed by atoms with van der Waals surface area (Å²) < 4.78 is 5.08. The van der Waals surface area contributed by atoms with Gasteiger partial charge in [0.05, 0.1) is 30.0 Å². The highest BCUT2D eigenvalue weighted by Crippen LogP contribution is 2.43. The minimum atomic E-state index is -0.468. The molecule has 3 fully saturated rings. The Kier molecular flexibility index (Phi) is 6.88. The number of hydrogen-bond donors (Lipinski definition) is 2. The average molecular weight is 445 g/mol. The lowest BCUT2D eigenvalue weighted by Gasteiger charge is -2.41. The van der Waals surface area contributed by atoms with E-state index in [9.17, 15) is 14.7 Å². The number of pyridine rings is 1. The maximum atomic E-state index is 13.5. The van der Waals surface area contributed by atoms with Crippen molar-refractivity contribution < 1.29 is 19.4 Å². The van der Waals surface area contributed by atoms with Crippen LogP contribution in [0.3, 0.4) is 0 Å². The maximum absolute atomic E-state index is 13.5. The van der Waals surface area contributed by atoms with E-state index in [1.165, 1.54) is 0 Å². The van der Waals surface area contributed by atoms with Gasteiger partial charge >= 0.3 is 6.09 Å². The van der Waals surface area contributed by atoms with Gasteiger partial charge < -0.3 is 19.6 Å². The number of ether oxygens (including phenoxy) is 1. The van der Waals surface area contributed by atoms with Gasteiger partial charge in [-0.15, -0.1) is 0 Å². The highest BCUT2D eigenvalue weighted by Gasteiger charge is 2.50. The molecule has 3 heterocycles. The number of aryl methyl sites for hydroxylation is 1. The summed E-state index contributed by atoms with van der Waals surface area (Å²) in [5, 5.41) is 12.6. The molecule has 0 bridgehead atoms. The number of carbonyl (C=O) groups is 2. The van der Waals surface area contributed by atoms with E-state index in [1.54, 1.807) is 6.20 Å². The van der Waals surface area contributed by atoms with Crippen molar-refractivity contribution in [2.45, 2.75) is 77.4 Å². The summed E-state index contributed by atoms with van der Waals surface area (Å²) >= 11 is 0. The number of carbonyl (C=O) groups excluding carboxylic acids is 2. The van der Waals surface area contributed by atoms with E-state index >= 15 is 0 Å². The van der Waals surface area contributed by atoms with Crippen molar-refractivity contribution in [1.29, 1.82) is 0 Å². The largest absolute Gasteiger partial charge is 0.449 e. The molecule has 1 atom stereocenters. The minimum absolute atomic E-state index is 0.205. The van der Waals surface area contributed by atoms with Crippen LogP contribution in [0, 0.1) is 12.3 Å². The number of nitrogens with one attached hydrogen (secondary N) is 1. The van der Waals surface area contributed by atoms with Gasteiger partial charge in [0.2, 0.25) is 5.91 Å². The van der Waals surface area contributed by atoms with E-state index in [2.05, 4.69) is 20.1 Å². The Morgan fingerprint density at radius 1 is 1.28 bits per heavy atom. The molecule has 2 amide bonds. The lowest BCUT2D eigenvalue weighted by molar-refractivity contribution is -0.139. The molecule has 0 aromatic carbocycles. The summed E-state index contributed by atoms with van der Waals surface area (Å²) in [5.74, 6) is 1.17. The molecule has 8 nitrogen and oxygen atoms in total. The maximum Gasteiger partial charge on any atom is 0.411 e. The highest BCUT2D eigenvalue weighted by atomic mass is 16.5. The molecule has 2 saturated heterocycles. The van der Waals surface area contributed by atoms with Gasteiger partial charge in [0.15, 0.2) is 0 Å². The molecule has 0 radical (unpaired) electrons. The fourth-order valence-electron chi connectivity index (χ4n) is 5.57. The number of aliphatic hydroxyl groups is 1. The number of nitrogens with zero attached hydrogens (tertiary/aromatic N) is 3. The number of likely N-dealkylation sites (tertiary alicyclic amines) is 1. The van der Waals surface area contributed by atoms with Crippen LogP contribution < -0.4 is 10.2 Å². The SMILES string of the molecule is CCCOC(=O)Nc1cnc(N2CCC[C@]3(CCN([C@H]4CC[C@@H](O)CC4)C3=O)C2)c(C)c1. The number of aliphatic hydroxyl groups excluding tert-OH is 1. The van der Waals surface area contributed by atoms with E-state index in [0.29, 0.717) is 18.8 Å². The van der Waals surface area contributed by atoms with Gasteiger partial charge in [-0.2, -0.15) is 0 Å². The van der Waals surface area contributed by atoms with Crippen LogP contribution in [0.2, 0.25) is 0 Å². The van der Waals surface area contributed by atoms with Gasteiger partial charge in [-0.25, -0.2) is 9.78 Å². The number of piperidine rings is 1. The van der Waals surface area contributed by atoms with Gasteiger partial charge in [0.25, 0.3) is 0 Å². The van der Waals surface area contributed by atoms with E-state index in [-0.39, 0.29) is 23.5 Å². The van der Waals surface area contributed by atoms with Crippen LogP contribution >= 0.6 is 0 Å². The van der Waals surface area contributed by atoms with E-state index < -0.39 is 6.09 Å². The second-order valence-electron chi connectivity index (χ2n) is 9.64. The molecule has 176 valence electrons. The quantitative estimate of drug-likeness (QED) is 0.722. The van der Waals surface area contributed by atoms with Crippen molar-refractivity contribution in [3.05, 3.63) is 17.8 Å². The fraction of sp³-hybridized carbons (Fsp3) is 0.708. The monoisotopic (exact) mass is 444 g/mol. The van der Waals surface area contributed by atoms with Gasteiger partial charge in [0.1, 0.15) is 5.82 Å². The first kappa shape index (κ1) is 22.8. The summed E-state index contributed by atoms with van der Waals surface area (Å²) in [6, 6.07) is 2.19. The minimum Gasteiger partial charge on any atom is -0.449 e. The number of amides is 2. The van der Waals surface area contributed by atoms with Gasteiger partial charge in [0, 0.05) is 25.7 Å². The zero-order valence-corrected chi connectivity index (χ0v) is 19.3. The molecule has 1 aromatic rings. The number of rotatable bonds is 5. The van der Waals surface area contributed by atoms with Crippen molar-refractivity contribution in [3.8, 4) is 0 Å². The molecule has 3 aliphatic rings. The third-order valence-corrected chi connectivity index (χ3v) is 7.26. The van der Waals surface area contributed by atoms with Crippen LogP contribution in [-0.4, -0.2) is 65.4 Å². The molecule has 1 aromatic heterocycles. The summed E-state index contributed by atoms with van der Waals surface area (Å²) in [6.45, 7) is 6.72. The molecule has 2 N–H and O–H groups in total. The Hall–Kier alpha value is -2.35. The first-order valence-corrected chi connectivity index (χ1v) is 12.1. The molecule has 1 aliphatic carbocycles. The van der Waals surface area contributed by atoms with Gasteiger partial charge in [-0.3, -0.25) is 10.1 Å². The summed E-state index contributed by atoms with van der Waals surface area (Å²) in [7, 11) is 0. The van der Waals surface area contributed by atoms with Crippen LogP contribution in [0.1, 0.15) is 63.9 Å². The Balaban J connectivity index is 1.42. The Bertz CT molecular complexity index is 839. The molecule has 8 heteroatoms. The summed E-state index contributed by atoms with van der Waals surface area (Å²) in [6.07, 6.45) is 7.95. The molecule has 1 saturated carbocycles. The Labute approximate surface area is 190 Å². The van der Waals surface area contributed by atoms with Gasteiger partial charge in [-0.05, 0) is 69.9 Å². The summed E-state index contributed by atoms with van der Waals surface area (Å²) in [4.78, 5) is 34.3. The topological polar surface area (TPSA) is 95.0 Å². The third kappa shape index (κ3) is 4.70. The highest BCUT2D eigenvalue weighted by molar-refractivity contribution is 5.86. The standard InChI is InChI=1S/C24H36N4O4/c1-3-13-32-23(31)26-18-14-17(2)21(25-15-18)27-11-4-9-24(16-27)10-12-28(22(24)30)19-5-7-20(29)8-6-19/h14-15,19-20,29H,3-13,16H2,1-2H3,(H,26,31)/t19-,20+,24-/m0/s1. The zero-order valence-electron chi connectivity index (χ0n) is 19.3. The third-order valence-electron chi connectivity index (χ3n) is 7.26. The fourth-order valence-corrected chi connectivity index (χ4v) is 5.57. The predicted molar refractivity (Wildman–Crippen MR) is 123 cm³/mol. The molecular weight excluding hydrogens is 408 g/mol. The van der Waals surface area contributed by atoms with Crippen molar-refractivity contribution in [2.24, 2.45) is 5.41 Å². The van der Waals surface area contributed by atoms with Crippen molar-refractivity contribution >= 4 is 23.5 Å². The van der Waals surface area contributed by atoms with E-state index in [1.807, 2.05) is 19.9 Å². The second kappa shape index (κ2) is 9.65. The molecule has 0 unspecified atom stereocenters. The van der Waals surface area contributed by atoms with Crippen LogP contribution in [0.15, 0.2) is 12.3 Å². The molecule has 4 rings (SSSR count). The average Bonchev–Trinajstić information content (AvgIpc) is 3.08. The first-order chi connectivity index (χ1) is 15.4. The van der Waals surface area contributed by atoms with Crippen molar-refractivity contribution in [2.75, 3.05) is 36.5 Å². The molecule has 2 aliphatic heterocycles. The lowest BCUT2D eigenvalue weighted by atomic mass is 9.78. The molecule has 32 heavy (non-hydrogen) atoms. The lowest BCUT2D eigenvalue weighted by Crippen LogP contribution is -2.50. The Morgan fingerprint density at radius 3 is 2.78 bits per heavy atom.